The number of ether oxygens (including phenoxy) is 1. The van der Waals surface area contributed by atoms with Crippen molar-refractivity contribution in [2.24, 2.45) is 31.2 Å². The Morgan fingerprint density at radius 3 is 1.90 bits per heavy atom. The number of urea groups is 1. The van der Waals surface area contributed by atoms with Gasteiger partial charge in [0.2, 0.25) is 0 Å². The number of benzene rings is 6. The number of guanidine groups is 1. The number of carbonyl (C=O) groups excluding carboxylic acids is 1. The second-order valence-electron chi connectivity index (χ2n) is 12.6. The van der Waals surface area contributed by atoms with E-state index in [4.69, 9.17) is 15.6 Å². The van der Waals surface area contributed by atoms with Crippen molar-refractivity contribution in [2.75, 3.05) is 23.1 Å². The lowest BCUT2D eigenvalue weighted by Gasteiger charge is -2.11. The van der Waals surface area contributed by atoms with Crippen LogP contribution in [0, 0.1) is 13.8 Å². The van der Waals surface area contributed by atoms with E-state index in [1.54, 1.807) is 36.4 Å². The largest absolute Gasteiger partial charge is 0.507 e. The smallest absolute Gasteiger partial charge is 0.339 e. The Bertz CT molecular complexity index is 2710. The number of hydrogen-bond acceptors (Lipinski definition) is 11. The molecule has 0 saturated heterocycles. The molecule has 0 aromatic heterocycles. The van der Waals surface area contributed by atoms with E-state index in [9.17, 15) is 27.7 Å². The Morgan fingerprint density at radius 2 is 1.25 bits per heavy atom. The first kappa shape index (κ1) is 43.2. The number of nitrogens with one attached hydrogen (secondary N) is 3. The number of amides is 2. The van der Waals surface area contributed by atoms with Crippen molar-refractivity contribution in [2.45, 2.75) is 18.7 Å². The van der Waals surface area contributed by atoms with Crippen molar-refractivity contribution in [1.29, 1.82) is 0 Å². The number of anilines is 3. The van der Waals surface area contributed by atoms with Gasteiger partial charge >= 0.3 is 12.0 Å². The SMILES string of the molecule is COc1cc(N=Nc2cccc(S(=O)(=O)O)c2)ccc1NC(=O)Nc1ccc(N=Nc2ccc(O)c(C(=O)O)c2)cc1.Cc1ccccc1N=C(N)Nc1ccccc1C. The predicted octanol–water partition coefficient (Wildman–Crippen LogP) is 10.2. The molecule has 0 spiro atoms. The zero-order chi connectivity index (χ0) is 43.2. The van der Waals surface area contributed by atoms with Crippen LogP contribution in [0.5, 0.6) is 11.5 Å². The third-order valence-corrected chi connectivity index (χ3v) is 9.06. The molecule has 306 valence electrons. The zero-order valence-corrected chi connectivity index (χ0v) is 33.1. The molecule has 0 bridgehead atoms. The molecule has 6 aromatic rings. The lowest BCUT2D eigenvalue weighted by Crippen LogP contribution is -2.22. The van der Waals surface area contributed by atoms with Crippen LogP contribution in [0.25, 0.3) is 0 Å². The first-order chi connectivity index (χ1) is 28.7. The summed E-state index contributed by atoms with van der Waals surface area (Å²) in [6.45, 7) is 4.04. The summed E-state index contributed by atoms with van der Waals surface area (Å²) >= 11 is 0. The van der Waals surface area contributed by atoms with Gasteiger partial charge in [-0.15, -0.1) is 0 Å². The number of phenols is 1. The normalized spacial score (nSPS) is 11.4. The Kier molecular flexibility index (Phi) is 14.4. The Labute approximate surface area is 344 Å². The van der Waals surface area contributed by atoms with Crippen LogP contribution in [-0.4, -0.2) is 48.3 Å². The molecule has 17 nitrogen and oxygen atoms in total. The van der Waals surface area contributed by atoms with Gasteiger partial charge < -0.3 is 36.6 Å². The number of nitrogens with zero attached hydrogens (tertiary/aromatic N) is 5. The Morgan fingerprint density at radius 1 is 0.650 bits per heavy atom. The van der Waals surface area contributed by atoms with Gasteiger partial charge in [0, 0.05) is 17.4 Å². The lowest BCUT2D eigenvalue weighted by molar-refractivity contribution is 0.0693. The van der Waals surface area contributed by atoms with Gasteiger partial charge in [-0.1, -0.05) is 42.5 Å². The molecule has 0 aliphatic rings. The Hall–Kier alpha value is -7.96. The van der Waals surface area contributed by atoms with Crippen LogP contribution in [0.2, 0.25) is 0 Å². The monoisotopic (exact) mass is 829 g/mol. The van der Waals surface area contributed by atoms with E-state index in [1.165, 1.54) is 49.6 Å². The highest BCUT2D eigenvalue weighted by atomic mass is 32.2. The van der Waals surface area contributed by atoms with Crippen LogP contribution in [0.4, 0.5) is 50.3 Å². The maximum absolute atomic E-state index is 12.6. The van der Waals surface area contributed by atoms with Gasteiger partial charge in [-0.05, 0) is 110 Å². The average molecular weight is 830 g/mol. The molecule has 0 radical (unpaired) electrons. The van der Waals surface area contributed by atoms with E-state index < -0.39 is 22.1 Å². The summed E-state index contributed by atoms with van der Waals surface area (Å²) in [6.07, 6.45) is 0. The summed E-state index contributed by atoms with van der Waals surface area (Å²) in [5.74, 6) is -0.987. The number of aliphatic imine (C=N–C) groups is 1. The molecule has 18 heteroatoms. The van der Waals surface area contributed by atoms with Crippen LogP contribution in [0.15, 0.2) is 164 Å². The van der Waals surface area contributed by atoms with E-state index in [2.05, 4.69) is 41.4 Å². The second kappa shape index (κ2) is 19.9. The van der Waals surface area contributed by atoms with Gasteiger partial charge in [0.1, 0.15) is 17.1 Å². The number of methoxy groups -OCH3 is 1. The number of carbonyl (C=O) groups is 2. The fourth-order valence-corrected chi connectivity index (χ4v) is 5.65. The van der Waals surface area contributed by atoms with E-state index in [-0.39, 0.29) is 33.3 Å². The number of carboxylic acid groups (broad SMARTS) is 1. The van der Waals surface area contributed by atoms with E-state index in [1.807, 2.05) is 62.4 Å². The summed E-state index contributed by atoms with van der Waals surface area (Å²) in [5, 5.41) is 43.1. The highest BCUT2D eigenvalue weighted by Gasteiger charge is 2.12. The van der Waals surface area contributed by atoms with Crippen molar-refractivity contribution < 1.29 is 37.5 Å². The molecule has 0 aliphatic carbocycles. The van der Waals surface area contributed by atoms with Crippen LogP contribution in [0.3, 0.4) is 0 Å². The number of azo groups is 2. The minimum Gasteiger partial charge on any atom is -0.507 e. The summed E-state index contributed by atoms with van der Waals surface area (Å²) in [5.41, 5.74) is 11.7. The van der Waals surface area contributed by atoms with Crippen molar-refractivity contribution in [3.05, 3.63) is 150 Å². The van der Waals surface area contributed by atoms with Gasteiger partial charge in [0.15, 0.2) is 5.96 Å². The summed E-state index contributed by atoms with van der Waals surface area (Å²) < 4.78 is 37.1. The molecule has 0 saturated carbocycles. The maximum atomic E-state index is 12.6. The standard InChI is InChI=1S/C27H22N6O8S.C15H17N3/c1-41-25-15-20(33-31-18-3-2-4-21(13-18)42(38,39)40)9-11-23(25)29-27(37)28-16-5-7-17(8-6-16)30-32-19-10-12-24(34)22(14-19)26(35)36;1-11-7-3-5-9-13(11)17-15(16)18-14-10-6-4-8-12(14)2/h2-15,34H,1H3,(H,35,36)(H2,28,29,37)(H,38,39,40);3-10H,1-2H3,(H3,16,17,18). The molecule has 0 fully saturated rings. The molecule has 2 amide bonds. The van der Waals surface area contributed by atoms with Crippen molar-refractivity contribution >= 4 is 73.6 Å². The molecule has 0 heterocycles. The molecule has 0 unspecified atom stereocenters. The van der Waals surface area contributed by atoms with Crippen molar-refractivity contribution in [3.63, 3.8) is 0 Å². The highest BCUT2D eigenvalue weighted by molar-refractivity contribution is 7.85. The van der Waals surface area contributed by atoms with Gasteiger partial charge in [-0.2, -0.15) is 28.9 Å². The number of aromatic carboxylic acids is 1. The fraction of sp³-hybridized carbons (Fsp3) is 0.0714. The summed E-state index contributed by atoms with van der Waals surface area (Å²) in [4.78, 5) is 27.8. The number of carboxylic acids is 1. The number of aryl methyl sites for hydroxylation is 2. The van der Waals surface area contributed by atoms with Gasteiger partial charge in [-0.25, -0.2) is 14.6 Å². The number of aromatic hydroxyl groups is 1. The third-order valence-electron chi connectivity index (χ3n) is 8.21. The number of nitrogens with two attached hydrogens (primary N) is 1. The molecular weight excluding hydrogens is 791 g/mol. The average Bonchev–Trinajstić information content (AvgIpc) is 3.22. The first-order valence-electron chi connectivity index (χ1n) is 17.7. The molecule has 60 heavy (non-hydrogen) atoms. The molecule has 6 aromatic carbocycles. The van der Waals surface area contributed by atoms with Crippen LogP contribution < -0.4 is 26.4 Å². The molecule has 6 rings (SSSR count). The van der Waals surface area contributed by atoms with Crippen LogP contribution in [0.1, 0.15) is 21.5 Å². The van der Waals surface area contributed by atoms with E-state index in [0.717, 1.165) is 28.6 Å². The zero-order valence-electron chi connectivity index (χ0n) is 32.3. The summed E-state index contributed by atoms with van der Waals surface area (Å²) in [7, 11) is -2.97. The van der Waals surface area contributed by atoms with Crippen molar-refractivity contribution in [3.8, 4) is 11.5 Å². The van der Waals surface area contributed by atoms with Gasteiger partial charge in [0.05, 0.1) is 46.1 Å². The highest BCUT2D eigenvalue weighted by Crippen LogP contribution is 2.31. The number of hydrogen-bond donors (Lipinski definition) is 7. The van der Waals surface area contributed by atoms with Gasteiger partial charge in [0.25, 0.3) is 10.1 Å². The fourth-order valence-electron chi connectivity index (χ4n) is 5.13. The van der Waals surface area contributed by atoms with Crippen LogP contribution in [-0.2, 0) is 10.1 Å². The molecule has 0 aliphatic heterocycles. The number of para-hydroxylation sites is 2. The quantitative estimate of drug-likeness (QED) is 0.0281. The first-order valence-corrected chi connectivity index (χ1v) is 19.2. The summed E-state index contributed by atoms with van der Waals surface area (Å²) in [6, 6.07) is 35.4. The second-order valence-corrected chi connectivity index (χ2v) is 14.0. The van der Waals surface area contributed by atoms with Gasteiger partial charge in [-0.3, -0.25) is 4.55 Å². The van der Waals surface area contributed by atoms with Crippen molar-refractivity contribution in [1.82, 2.24) is 0 Å². The molecular formula is C42H39N9O8S. The van der Waals surface area contributed by atoms with E-state index >= 15 is 0 Å². The van der Waals surface area contributed by atoms with Crippen LogP contribution >= 0.6 is 0 Å². The minimum absolute atomic E-state index is 0.200. The molecule has 8 N–H and O–H groups in total. The minimum atomic E-state index is -4.38. The lowest BCUT2D eigenvalue weighted by atomic mass is 10.2. The molecule has 0 atom stereocenters. The third kappa shape index (κ3) is 12.5. The maximum Gasteiger partial charge on any atom is 0.339 e. The topological polar surface area (TPSA) is 262 Å². The Balaban J connectivity index is 0.000000315. The predicted molar refractivity (Wildman–Crippen MR) is 229 cm³/mol. The number of rotatable bonds is 11. The van der Waals surface area contributed by atoms with E-state index in [0.29, 0.717) is 28.7 Å².